The second-order valence-corrected chi connectivity index (χ2v) is 4.41. The number of nitrogens with two attached hydrogens (primary N) is 1. The van der Waals surface area contributed by atoms with Crippen LogP contribution in [0.5, 0.6) is 0 Å². The summed E-state index contributed by atoms with van der Waals surface area (Å²) < 4.78 is 2.72. The maximum atomic E-state index is 5.80. The van der Waals surface area contributed by atoms with E-state index in [1.807, 2.05) is 40.9 Å². The van der Waals surface area contributed by atoms with E-state index in [0.29, 0.717) is 5.69 Å². The van der Waals surface area contributed by atoms with Gasteiger partial charge in [0.25, 0.3) is 0 Å². The lowest BCUT2D eigenvalue weighted by molar-refractivity contribution is 1.13. The molecule has 3 heterocycles. The number of aromatic nitrogens is 3. The Balaban J connectivity index is 2.34. The number of hydrogen-bond acceptors (Lipinski definition) is 3. The lowest BCUT2D eigenvalue weighted by Crippen LogP contribution is -1.93. The van der Waals surface area contributed by atoms with Gasteiger partial charge in [-0.2, -0.15) is 0 Å². The van der Waals surface area contributed by atoms with Crippen LogP contribution in [0.3, 0.4) is 0 Å². The molecule has 0 atom stereocenters. The zero-order valence-corrected chi connectivity index (χ0v) is 10.4. The number of anilines is 1. The van der Waals surface area contributed by atoms with E-state index in [4.69, 9.17) is 5.73 Å². The molecule has 0 amide bonds. The summed E-state index contributed by atoms with van der Waals surface area (Å²) in [6.45, 7) is 0. The normalized spacial score (nSPS) is 10.9. The molecule has 0 bridgehead atoms. The van der Waals surface area contributed by atoms with Crippen LogP contribution < -0.4 is 5.73 Å². The Bertz CT molecular complexity index is 676. The van der Waals surface area contributed by atoms with Crippen LogP contribution in [0.1, 0.15) is 0 Å². The van der Waals surface area contributed by atoms with E-state index in [9.17, 15) is 0 Å². The van der Waals surface area contributed by atoms with Gasteiger partial charge in [0.05, 0.1) is 5.52 Å². The molecule has 0 saturated carbocycles. The third-order valence-corrected chi connectivity index (χ3v) is 3.09. The smallest absolute Gasteiger partial charge is 0.164 e. The third kappa shape index (κ3) is 1.68. The minimum Gasteiger partial charge on any atom is -0.398 e. The highest BCUT2D eigenvalue weighted by molar-refractivity contribution is 9.10. The number of imidazole rings is 1. The Labute approximate surface area is 106 Å². The van der Waals surface area contributed by atoms with Crippen LogP contribution in [0.25, 0.3) is 17.0 Å². The highest BCUT2D eigenvalue weighted by Crippen LogP contribution is 2.25. The molecule has 0 unspecified atom stereocenters. The Morgan fingerprint density at radius 2 is 2.06 bits per heavy atom. The number of rotatable bonds is 1. The second kappa shape index (κ2) is 3.85. The maximum absolute atomic E-state index is 5.80. The zero-order chi connectivity index (χ0) is 11.8. The maximum Gasteiger partial charge on any atom is 0.164 e. The summed E-state index contributed by atoms with van der Waals surface area (Å²) in [7, 11) is 0. The minimum atomic E-state index is 0.694. The average Bonchev–Trinajstić information content (AvgIpc) is 2.67. The molecule has 0 aromatic carbocycles. The summed E-state index contributed by atoms with van der Waals surface area (Å²) in [6.07, 6.45) is 3.59. The summed E-state index contributed by atoms with van der Waals surface area (Å²) in [6, 6.07) is 9.51. The van der Waals surface area contributed by atoms with Crippen molar-refractivity contribution in [1.29, 1.82) is 0 Å². The molecule has 3 aromatic heterocycles. The van der Waals surface area contributed by atoms with Gasteiger partial charge in [0, 0.05) is 18.1 Å². The van der Waals surface area contributed by atoms with Crippen LogP contribution in [0.4, 0.5) is 5.69 Å². The molecule has 2 N–H and O–H groups in total. The van der Waals surface area contributed by atoms with E-state index in [-0.39, 0.29) is 0 Å². The number of halogens is 1. The van der Waals surface area contributed by atoms with Crippen LogP contribution in [0, 0.1) is 0 Å². The Morgan fingerprint density at radius 1 is 1.18 bits per heavy atom. The van der Waals surface area contributed by atoms with E-state index >= 15 is 0 Å². The van der Waals surface area contributed by atoms with Crippen molar-refractivity contribution in [2.24, 2.45) is 0 Å². The van der Waals surface area contributed by atoms with Crippen LogP contribution >= 0.6 is 15.9 Å². The van der Waals surface area contributed by atoms with Crippen LogP contribution in [0.15, 0.2) is 47.3 Å². The summed E-state index contributed by atoms with van der Waals surface area (Å²) >= 11 is 3.44. The van der Waals surface area contributed by atoms with Crippen molar-refractivity contribution < 1.29 is 0 Å². The van der Waals surface area contributed by atoms with E-state index in [1.165, 1.54) is 0 Å². The van der Waals surface area contributed by atoms with Gasteiger partial charge >= 0.3 is 0 Å². The van der Waals surface area contributed by atoms with Gasteiger partial charge < -0.3 is 5.73 Å². The predicted octanol–water partition coefficient (Wildman–Crippen LogP) is 2.74. The fourth-order valence-corrected chi connectivity index (χ4v) is 2.23. The predicted molar refractivity (Wildman–Crippen MR) is 70.5 cm³/mol. The molecule has 5 heteroatoms. The fourth-order valence-electron chi connectivity index (χ4n) is 1.74. The minimum absolute atomic E-state index is 0.694. The van der Waals surface area contributed by atoms with Gasteiger partial charge in [0.15, 0.2) is 5.82 Å². The highest BCUT2D eigenvalue weighted by Gasteiger charge is 2.11. The average molecular weight is 289 g/mol. The van der Waals surface area contributed by atoms with Crippen molar-refractivity contribution in [2.75, 3.05) is 5.73 Å². The number of hydrogen-bond donors (Lipinski definition) is 1. The van der Waals surface area contributed by atoms with Crippen LogP contribution in [-0.4, -0.2) is 14.4 Å². The number of nitrogens with zero attached hydrogens (tertiary/aromatic N) is 3. The van der Waals surface area contributed by atoms with Gasteiger partial charge in [0.2, 0.25) is 0 Å². The molecule has 4 nitrogen and oxygen atoms in total. The Kier molecular flexibility index (Phi) is 2.33. The van der Waals surface area contributed by atoms with Crippen molar-refractivity contribution in [3.8, 4) is 11.5 Å². The molecule has 3 aromatic rings. The monoisotopic (exact) mass is 288 g/mol. The molecular formula is C12H9BrN4. The van der Waals surface area contributed by atoms with Crippen molar-refractivity contribution in [3.05, 3.63) is 47.3 Å². The number of pyridine rings is 2. The summed E-state index contributed by atoms with van der Waals surface area (Å²) in [5, 5.41) is 0. The van der Waals surface area contributed by atoms with Gasteiger partial charge in [-0.1, -0.05) is 6.07 Å². The molecular weight excluding hydrogens is 280 g/mol. The zero-order valence-electron chi connectivity index (χ0n) is 8.84. The largest absolute Gasteiger partial charge is 0.398 e. The quantitative estimate of drug-likeness (QED) is 0.749. The van der Waals surface area contributed by atoms with Gasteiger partial charge in [-0.15, -0.1) is 0 Å². The molecule has 0 fully saturated rings. The highest BCUT2D eigenvalue weighted by atomic mass is 79.9. The Morgan fingerprint density at radius 3 is 2.82 bits per heavy atom. The standard InChI is InChI=1S/C12H9BrN4/c13-11-10-5-4-8(14)7-17(10)12(16-11)9-3-1-2-6-15-9/h1-7H,14H2. The van der Waals surface area contributed by atoms with Crippen molar-refractivity contribution in [2.45, 2.75) is 0 Å². The summed E-state index contributed by atoms with van der Waals surface area (Å²) in [4.78, 5) is 8.76. The molecule has 0 aliphatic heterocycles. The van der Waals surface area contributed by atoms with Crippen molar-refractivity contribution in [1.82, 2.24) is 14.4 Å². The second-order valence-electron chi connectivity index (χ2n) is 3.66. The van der Waals surface area contributed by atoms with Crippen molar-refractivity contribution in [3.63, 3.8) is 0 Å². The number of fused-ring (bicyclic) bond motifs is 1. The molecule has 0 radical (unpaired) electrons. The van der Waals surface area contributed by atoms with Gasteiger partial charge in [-0.05, 0) is 40.2 Å². The first-order chi connectivity index (χ1) is 8.25. The van der Waals surface area contributed by atoms with Crippen LogP contribution in [-0.2, 0) is 0 Å². The lowest BCUT2D eigenvalue weighted by Gasteiger charge is -2.01. The molecule has 17 heavy (non-hydrogen) atoms. The SMILES string of the molecule is Nc1ccc2c(Br)nc(-c3ccccn3)n2c1. The van der Waals surface area contributed by atoms with Crippen molar-refractivity contribution >= 4 is 27.1 Å². The van der Waals surface area contributed by atoms with E-state index in [2.05, 4.69) is 25.9 Å². The molecule has 84 valence electrons. The lowest BCUT2D eigenvalue weighted by atomic mass is 10.3. The summed E-state index contributed by atoms with van der Waals surface area (Å²) in [5.41, 5.74) is 8.28. The first kappa shape index (κ1) is 10.3. The fraction of sp³-hybridized carbons (Fsp3) is 0. The number of nitrogen functional groups attached to an aromatic ring is 1. The van der Waals surface area contributed by atoms with Gasteiger partial charge in [-0.3, -0.25) is 9.38 Å². The molecule has 0 aliphatic rings. The van der Waals surface area contributed by atoms with Gasteiger partial charge in [-0.25, -0.2) is 4.98 Å². The molecule has 0 saturated heterocycles. The Hall–Kier alpha value is -1.88. The van der Waals surface area contributed by atoms with E-state index in [0.717, 1.165) is 21.6 Å². The first-order valence-electron chi connectivity index (χ1n) is 5.10. The molecule has 0 aliphatic carbocycles. The third-order valence-electron chi connectivity index (χ3n) is 2.51. The van der Waals surface area contributed by atoms with Crippen LogP contribution in [0.2, 0.25) is 0 Å². The van der Waals surface area contributed by atoms with Gasteiger partial charge in [0.1, 0.15) is 10.3 Å². The molecule has 3 rings (SSSR count). The van der Waals surface area contributed by atoms with E-state index < -0.39 is 0 Å². The summed E-state index contributed by atoms with van der Waals surface area (Å²) in [5.74, 6) is 0.778. The molecule has 0 spiro atoms. The van der Waals surface area contributed by atoms with E-state index in [1.54, 1.807) is 6.20 Å². The topological polar surface area (TPSA) is 56.2 Å². The first-order valence-corrected chi connectivity index (χ1v) is 5.89.